The minimum absolute atomic E-state index is 0.355. The van der Waals surface area contributed by atoms with Gasteiger partial charge in [-0.1, -0.05) is 21.9 Å². The van der Waals surface area contributed by atoms with Gasteiger partial charge in [-0.25, -0.2) is 4.68 Å². The first-order valence-electron chi connectivity index (χ1n) is 3.64. The molecule has 0 unspecified atom stereocenters. The third-order valence-electron chi connectivity index (χ3n) is 1.62. The predicted octanol–water partition coefficient (Wildman–Crippen LogP) is 2.58. The van der Waals surface area contributed by atoms with Crippen LogP contribution >= 0.6 is 46.4 Å². The zero-order valence-corrected chi connectivity index (χ0v) is 10.5. The van der Waals surface area contributed by atoms with Crippen molar-refractivity contribution < 1.29 is 0 Å². The molecule has 1 heterocycles. The van der Waals surface area contributed by atoms with Gasteiger partial charge in [0.1, 0.15) is 0 Å². The summed E-state index contributed by atoms with van der Waals surface area (Å²) in [5.74, 6) is 0. The molecule has 0 aliphatic rings. The number of aromatic nitrogens is 4. The van der Waals surface area contributed by atoms with Gasteiger partial charge in [0.2, 0.25) is 4.77 Å². The average molecular weight is 339 g/mol. The average Bonchev–Trinajstić information content (AvgIpc) is 2.56. The van der Waals surface area contributed by atoms with Crippen LogP contribution in [-0.4, -0.2) is 20.2 Å². The van der Waals surface area contributed by atoms with E-state index in [9.17, 15) is 0 Å². The summed E-state index contributed by atoms with van der Waals surface area (Å²) >= 11 is 13.2. The van der Waals surface area contributed by atoms with Crippen LogP contribution in [0.15, 0.2) is 18.2 Å². The smallest absolute Gasteiger partial charge is 0.208 e. The van der Waals surface area contributed by atoms with Gasteiger partial charge in [-0.05, 0) is 53.0 Å². The number of hydrogen-bond donors (Lipinski definition) is 1. The first-order chi connectivity index (χ1) is 6.68. The van der Waals surface area contributed by atoms with Gasteiger partial charge in [0.05, 0.1) is 10.7 Å². The number of benzene rings is 1. The number of H-pyrrole nitrogens is 1. The lowest BCUT2D eigenvalue weighted by Gasteiger charge is -2.03. The van der Waals surface area contributed by atoms with Crippen LogP contribution in [0.25, 0.3) is 5.69 Å². The number of hydrogen-bond acceptors (Lipinski definition) is 3. The fourth-order valence-electron chi connectivity index (χ4n) is 1.01. The van der Waals surface area contributed by atoms with E-state index in [0.717, 1.165) is 9.26 Å². The predicted molar refractivity (Wildman–Crippen MR) is 64.3 cm³/mol. The normalized spacial score (nSPS) is 10.4. The third kappa shape index (κ3) is 1.82. The highest BCUT2D eigenvalue weighted by Gasteiger charge is 2.05. The summed E-state index contributed by atoms with van der Waals surface area (Å²) in [4.78, 5) is 0. The molecule has 0 aliphatic heterocycles. The quantitative estimate of drug-likeness (QED) is 0.642. The second-order valence-corrected chi connectivity index (χ2v) is 4.53. The second-order valence-electron chi connectivity index (χ2n) is 2.51. The van der Waals surface area contributed by atoms with Crippen molar-refractivity contribution in [3.05, 3.63) is 31.6 Å². The van der Waals surface area contributed by atoms with E-state index in [1.807, 2.05) is 12.1 Å². The van der Waals surface area contributed by atoms with Crippen molar-refractivity contribution in [1.29, 1.82) is 0 Å². The lowest BCUT2D eigenvalue weighted by Crippen LogP contribution is -1.98. The van der Waals surface area contributed by atoms with E-state index in [4.69, 9.17) is 23.8 Å². The van der Waals surface area contributed by atoms with Gasteiger partial charge in [-0.2, -0.15) is 5.21 Å². The van der Waals surface area contributed by atoms with Crippen molar-refractivity contribution >= 4 is 46.4 Å². The van der Waals surface area contributed by atoms with E-state index in [2.05, 4.69) is 38.1 Å². The number of tetrazole rings is 1. The zero-order valence-electron chi connectivity index (χ0n) is 6.74. The van der Waals surface area contributed by atoms with Crippen molar-refractivity contribution in [2.75, 3.05) is 0 Å². The molecule has 1 aromatic heterocycles. The van der Waals surface area contributed by atoms with Gasteiger partial charge in [0.15, 0.2) is 0 Å². The van der Waals surface area contributed by atoms with E-state index >= 15 is 0 Å². The summed E-state index contributed by atoms with van der Waals surface area (Å²) in [5, 5.41) is 10.5. The minimum Gasteiger partial charge on any atom is -0.208 e. The third-order valence-corrected chi connectivity index (χ3v) is 2.88. The van der Waals surface area contributed by atoms with Crippen LogP contribution in [0.1, 0.15) is 0 Å². The molecule has 2 rings (SSSR count). The Hall–Kier alpha value is -0.470. The number of halogens is 2. The molecule has 1 N–H and O–H groups in total. The molecule has 0 saturated heterocycles. The summed E-state index contributed by atoms with van der Waals surface area (Å²) in [7, 11) is 0. The molecule has 0 bridgehead atoms. The Morgan fingerprint density at radius 2 is 2.29 bits per heavy atom. The molecule has 0 atom stereocenters. The van der Waals surface area contributed by atoms with Crippen LogP contribution in [0.3, 0.4) is 0 Å². The number of rotatable bonds is 1. The van der Waals surface area contributed by atoms with Crippen LogP contribution < -0.4 is 0 Å². The summed E-state index contributed by atoms with van der Waals surface area (Å²) in [6.45, 7) is 0. The Labute approximate surface area is 103 Å². The molecule has 2 aromatic rings. The van der Waals surface area contributed by atoms with Crippen LogP contribution in [-0.2, 0) is 0 Å². The number of nitrogens with zero attached hydrogens (tertiary/aromatic N) is 3. The monoisotopic (exact) mass is 338 g/mol. The van der Waals surface area contributed by atoms with E-state index in [1.54, 1.807) is 10.7 Å². The summed E-state index contributed by atoms with van der Waals surface area (Å²) in [5.41, 5.74) is 0.758. The second kappa shape index (κ2) is 3.95. The number of nitrogens with one attached hydrogen (secondary N) is 1. The minimum atomic E-state index is 0.355. The molecule has 72 valence electrons. The summed E-state index contributed by atoms with van der Waals surface area (Å²) in [6.07, 6.45) is 0. The van der Waals surface area contributed by atoms with Crippen molar-refractivity contribution in [3.63, 3.8) is 0 Å². The molecule has 0 saturated carbocycles. The standard InChI is InChI=1S/C7H4ClIN4S/c8-5-2-1-4(9)3-6(5)13-7(14)10-11-12-13/h1-3H,(H,10,12,14). The van der Waals surface area contributed by atoms with E-state index in [1.165, 1.54) is 0 Å². The lowest BCUT2D eigenvalue weighted by molar-refractivity contribution is 0.786. The maximum atomic E-state index is 6.01. The Bertz CT molecular complexity index is 520. The maximum absolute atomic E-state index is 6.01. The molecule has 0 spiro atoms. The molecule has 0 aliphatic carbocycles. The lowest BCUT2D eigenvalue weighted by atomic mass is 10.3. The van der Waals surface area contributed by atoms with Gasteiger partial charge in [0, 0.05) is 3.57 Å². The molecule has 4 nitrogen and oxygen atoms in total. The highest BCUT2D eigenvalue weighted by molar-refractivity contribution is 14.1. The van der Waals surface area contributed by atoms with Gasteiger partial charge < -0.3 is 0 Å². The molecular weight excluding hydrogens is 335 g/mol. The van der Waals surface area contributed by atoms with Gasteiger partial charge in [0.25, 0.3) is 0 Å². The van der Waals surface area contributed by atoms with E-state index < -0.39 is 0 Å². The van der Waals surface area contributed by atoms with Crippen molar-refractivity contribution in [1.82, 2.24) is 20.2 Å². The van der Waals surface area contributed by atoms with Crippen molar-refractivity contribution in [2.24, 2.45) is 0 Å². The maximum Gasteiger partial charge on any atom is 0.242 e. The highest BCUT2D eigenvalue weighted by Crippen LogP contribution is 2.21. The largest absolute Gasteiger partial charge is 0.242 e. The summed E-state index contributed by atoms with van der Waals surface area (Å²) < 4.78 is 2.98. The number of aromatic amines is 1. The fraction of sp³-hybridized carbons (Fsp3) is 0. The van der Waals surface area contributed by atoms with Crippen molar-refractivity contribution in [3.8, 4) is 5.69 Å². The molecule has 14 heavy (non-hydrogen) atoms. The Morgan fingerprint density at radius 1 is 1.50 bits per heavy atom. The van der Waals surface area contributed by atoms with Crippen LogP contribution in [0.4, 0.5) is 0 Å². The topological polar surface area (TPSA) is 46.5 Å². The van der Waals surface area contributed by atoms with E-state index in [0.29, 0.717) is 9.79 Å². The summed E-state index contributed by atoms with van der Waals surface area (Å²) in [6, 6.07) is 5.62. The van der Waals surface area contributed by atoms with Crippen molar-refractivity contribution in [2.45, 2.75) is 0 Å². The van der Waals surface area contributed by atoms with Crippen LogP contribution in [0.2, 0.25) is 5.02 Å². The van der Waals surface area contributed by atoms with Gasteiger partial charge >= 0.3 is 0 Å². The fourth-order valence-corrected chi connectivity index (χ4v) is 1.87. The molecular formula is C7H4ClIN4S. The van der Waals surface area contributed by atoms with Crippen LogP contribution in [0, 0.1) is 8.34 Å². The van der Waals surface area contributed by atoms with Crippen LogP contribution in [0.5, 0.6) is 0 Å². The first kappa shape index (κ1) is 10.1. The van der Waals surface area contributed by atoms with Gasteiger partial charge in [-0.3, -0.25) is 0 Å². The Kier molecular flexibility index (Phi) is 2.84. The SMILES string of the molecule is S=c1nn[nH]n1-c1cc(I)ccc1Cl. The molecule has 0 radical (unpaired) electrons. The molecule has 7 heteroatoms. The highest BCUT2D eigenvalue weighted by atomic mass is 127. The molecule has 0 amide bonds. The van der Waals surface area contributed by atoms with Gasteiger partial charge in [-0.15, -0.1) is 0 Å². The Morgan fingerprint density at radius 3 is 2.93 bits per heavy atom. The zero-order chi connectivity index (χ0) is 10.1. The van der Waals surface area contributed by atoms with E-state index in [-0.39, 0.29) is 0 Å². The Balaban J connectivity index is 2.68. The molecule has 0 fully saturated rings. The first-order valence-corrected chi connectivity index (χ1v) is 5.50. The molecule has 1 aromatic carbocycles.